The number of nitrogens with zero attached hydrogens (tertiary/aromatic N) is 2. The fourth-order valence-corrected chi connectivity index (χ4v) is 6.80. The van der Waals surface area contributed by atoms with Gasteiger partial charge in [-0.25, -0.2) is 0 Å². The van der Waals surface area contributed by atoms with Gasteiger partial charge in [-0.3, -0.25) is 14.4 Å². The third kappa shape index (κ3) is 5.86. The largest absolute Gasteiger partial charge is 0.358 e. The van der Waals surface area contributed by atoms with Crippen LogP contribution in [0.5, 0.6) is 0 Å². The molecule has 3 N–H and O–H groups in total. The van der Waals surface area contributed by atoms with Crippen LogP contribution in [0.3, 0.4) is 0 Å². The van der Waals surface area contributed by atoms with Gasteiger partial charge in [-0.15, -0.1) is 0 Å². The lowest BCUT2D eigenvalue weighted by Gasteiger charge is -2.28. The predicted octanol–water partition coefficient (Wildman–Crippen LogP) is 5.97. The minimum absolute atomic E-state index is 0.0580. The zero-order chi connectivity index (χ0) is 30.2. The van der Waals surface area contributed by atoms with Crippen LogP contribution in [0.25, 0.3) is 11.6 Å². The Bertz CT molecular complexity index is 1600. The molecule has 2 aromatic carbocycles. The topological polar surface area (TPSA) is 97.5 Å². The number of rotatable bonds is 7. The highest BCUT2D eigenvalue weighted by molar-refractivity contribution is 6.35. The lowest BCUT2D eigenvalue weighted by atomic mass is 10.0. The van der Waals surface area contributed by atoms with Gasteiger partial charge in [0.1, 0.15) is 0 Å². The van der Waals surface area contributed by atoms with Crippen molar-refractivity contribution in [1.82, 2.24) is 20.1 Å². The number of hydrogen-bond acceptors (Lipinski definition) is 4. The second-order valence-electron chi connectivity index (χ2n) is 12.0. The molecule has 0 unspecified atom stereocenters. The van der Waals surface area contributed by atoms with Gasteiger partial charge in [0.2, 0.25) is 0 Å². The third-order valence-electron chi connectivity index (χ3n) is 9.07. The average molecular weight is 600 g/mol. The lowest BCUT2D eigenvalue weighted by molar-refractivity contribution is -0.110. The monoisotopic (exact) mass is 599 g/mol. The van der Waals surface area contributed by atoms with Crippen molar-refractivity contribution in [3.05, 3.63) is 86.7 Å². The zero-order valence-corrected chi connectivity index (χ0v) is 25.7. The molecule has 3 aliphatic heterocycles. The lowest BCUT2D eigenvalue weighted by Crippen LogP contribution is -2.42. The number of H-pyrrole nitrogens is 1. The number of carbonyl (C=O) groups excluding carboxylic acids is 3. The fourth-order valence-electron chi connectivity index (χ4n) is 6.67. The molecule has 9 heteroatoms. The Balaban J connectivity index is 1.23. The molecular weight excluding hydrogens is 562 g/mol. The molecule has 8 nitrogen and oxygen atoms in total. The summed E-state index contributed by atoms with van der Waals surface area (Å²) >= 11 is 6.01. The Labute approximate surface area is 257 Å². The van der Waals surface area contributed by atoms with Gasteiger partial charge in [0.05, 0.1) is 17.2 Å². The van der Waals surface area contributed by atoms with E-state index in [4.69, 9.17) is 11.6 Å². The maximum absolute atomic E-state index is 13.8. The number of aromatic amines is 1. The molecule has 3 amide bonds. The smallest absolute Gasteiger partial charge is 0.256 e. The predicted molar refractivity (Wildman–Crippen MR) is 170 cm³/mol. The number of benzene rings is 2. The molecule has 43 heavy (non-hydrogen) atoms. The van der Waals surface area contributed by atoms with E-state index in [0.29, 0.717) is 33.0 Å². The van der Waals surface area contributed by atoms with Crippen molar-refractivity contribution in [3.63, 3.8) is 0 Å². The van der Waals surface area contributed by atoms with E-state index in [1.807, 2.05) is 37.8 Å². The first-order chi connectivity index (χ1) is 20.7. The summed E-state index contributed by atoms with van der Waals surface area (Å²) in [4.78, 5) is 48.0. The van der Waals surface area contributed by atoms with Crippen LogP contribution in [0.1, 0.15) is 87.4 Å². The van der Waals surface area contributed by atoms with E-state index in [0.717, 1.165) is 61.5 Å². The number of fused-ring (bicyclic) bond motifs is 1. The van der Waals surface area contributed by atoms with Gasteiger partial charge in [-0.05, 0) is 107 Å². The number of carbonyl (C=O) groups is 3. The Morgan fingerprint density at radius 1 is 1.07 bits per heavy atom. The molecule has 1 aromatic heterocycles. The fraction of sp³-hybridized carbons (Fsp3) is 0.382. The number of nitrogens with one attached hydrogen (secondary N) is 3. The molecule has 0 radical (unpaired) electrons. The van der Waals surface area contributed by atoms with Crippen molar-refractivity contribution in [2.45, 2.75) is 58.5 Å². The van der Waals surface area contributed by atoms with Crippen molar-refractivity contribution in [2.24, 2.45) is 0 Å². The standard InChI is InChI=1S/C34H38ClN5O3/c1-20-30(36-22(3)31(20)34(43)40-16-6-7-26(40)19-39-14-4-5-15-39)18-28-27-17-24(10-13-29(27)38-33(28)42)32(41)37-21(2)23-8-11-25(35)12-9-23/h8-13,17-18,21,26,36H,4-7,14-16,19H2,1-3H3,(H,37,41)(H,38,42)/t21-,26-/m1/s1. The Kier molecular flexibility index (Phi) is 8.16. The Hall–Kier alpha value is -3.88. The highest BCUT2D eigenvalue weighted by atomic mass is 35.5. The maximum Gasteiger partial charge on any atom is 0.256 e. The number of amides is 3. The van der Waals surface area contributed by atoms with E-state index in [-0.39, 0.29) is 29.8 Å². The zero-order valence-electron chi connectivity index (χ0n) is 24.9. The molecule has 0 spiro atoms. The van der Waals surface area contributed by atoms with E-state index < -0.39 is 0 Å². The minimum Gasteiger partial charge on any atom is -0.358 e. The van der Waals surface area contributed by atoms with Crippen LogP contribution in [0.4, 0.5) is 5.69 Å². The summed E-state index contributed by atoms with van der Waals surface area (Å²) in [6.07, 6.45) is 6.33. The first-order valence-corrected chi connectivity index (χ1v) is 15.5. The van der Waals surface area contributed by atoms with Gasteiger partial charge in [0, 0.05) is 52.4 Å². The van der Waals surface area contributed by atoms with E-state index in [1.165, 1.54) is 12.8 Å². The van der Waals surface area contributed by atoms with E-state index >= 15 is 0 Å². The van der Waals surface area contributed by atoms with Crippen molar-refractivity contribution in [2.75, 3.05) is 31.5 Å². The highest BCUT2D eigenvalue weighted by Crippen LogP contribution is 2.35. The molecule has 0 aliphatic carbocycles. The summed E-state index contributed by atoms with van der Waals surface area (Å²) in [6, 6.07) is 12.6. The summed E-state index contributed by atoms with van der Waals surface area (Å²) in [5.74, 6) is -0.424. The van der Waals surface area contributed by atoms with Crippen LogP contribution >= 0.6 is 11.6 Å². The second-order valence-corrected chi connectivity index (χ2v) is 12.4. The van der Waals surface area contributed by atoms with Crippen LogP contribution < -0.4 is 10.6 Å². The van der Waals surface area contributed by atoms with Gasteiger partial charge in [-0.2, -0.15) is 0 Å². The molecular formula is C34H38ClN5O3. The van der Waals surface area contributed by atoms with Gasteiger partial charge in [0.25, 0.3) is 17.7 Å². The first kappa shape index (κ1) is 29.2. The van der Waals surface area contributed by atoms with E-state index in [1.54, 1.807) is 36.4 Å². The molecule has 0 saturated carbocycles. The molecule has 3 aliphatic rings. The van der Waals surface area contributed by atoms with Crippen LogP contribution in [0, 0.1) is 13.8 Å². The number of aryl methyl sites for hydroxylation is 1. The summed E-state index contributed by atoms with van der Waals surface area (Å²) in [7, 11) is 0. The number of halogens is 1. The first-order valence-electron chi connectivity index (χ1n) is 15.2. The minimum atomic E-state index is -0.244. The van der Waals surface area contributed by atoms with Crippen LogP contribution in [-0.4, -0.2) is 64.7 Å². The number of likely N-dealkylation sites (tertiary alicyclic amines) is 2. The van der Waals surface area contributed by atoms with Gasteiger partial charge >= 0.3 is 0 Å². The third-order valence-corrected chi connectivity index (χ3v) is 9.32. The SMILES string of the molecule is Cc1[nH]c(C=C2C(=O)Nc3ccc(C(=O)N[C@H](C)c4ccc(Cl)cc4)cc32)c(C)c1C(=O)N1CCC[C@@H]1CN1CCCC1. The molecule has 224 valence electrons. The maximum atomic E-state index is 13.8. The van der Waals surface area contributed by atoms with Crippen LogP contribution in [0.15, 0.2) is 42.5 Å². The van der Waals surface area contributed by atoms with E-state index in [2.05, 4.69) is 20.5 Å². The molecule has 3 aromatic rings. The summed E-state index contributed by atoms with van der Waals surface area (Å²) in [5.41, 5.74) is 6.18. The molecule has 2 saturated heterocycles. The molecule has 2 atom stereocenters. The Morgan fingerprint density at radius 2 is 1.81 bits per heavy atom. The quantitative estimate of drug-likeness (QED) is 0.292. The molecule has 2 fully saturated rings. The molecule has 0 bridgehead atoms. The number of hydrogen-bond donors (Lipinski definition) is 3. The van der Waals surface area contributed by atoms with Crippen molar-refractivity contribution in [3.8, 4) is 0 Å². The number of anilines is 1. The second kappa shape index (κ2) is 12.0. The molecule has 6 rings (SSSR count). The van der Waals surface area contributed by atoms with Gasteiger partial charge < -0.3 is 25.4 Å². The summed E-state index contributed by atoms with van der Waals surface area (Å²) in [5, 5.41) is 6.57. The number of aromatic nitrogens is 1. The Morgan fingerprint density at radius 3 is 2.56 bits per heavy atom. The van der Waals surface area contributed by atoms with Crippen molar-refractivity contribution >= 4 is 46.7 Å². The van der Waals surface area contributed by atoms with Crippen LogP contribution in [0.2, 0.25) is 5.02 Å². The van der Waals surface area contributed by atoms with E-state index in [9.17, 15) is 14.4 Å². The molecule has 4 heterocycles. The highest BCUT2D eigenvalue weighted by Gasteiger charge is 2.34. The van der Waals surface area contributed by atoms with Crippen LogP contribution in [-0.2, 0) is 4.79 Å². The van der Waals surface area contributed by atoms with Crippen molar-refractivity contribution < 1.29 is 14.4 Å². The van der Waals surface area contributed by atoms with Gasteiger partial charge in [-0.1, -0.05) is 23.7 Å². The van der Waals surface area contributed by atoms with Crippen molar-refractivity contribution in [1.29, 1.82) is 0 Å². The van der Waals surface area contributed by atoms with Gasteiger partial charge in [0.15, 0.2) is 0 Å². The summed E-state index contributed by atoms with van der Waals surface area (Å²) in [6.45, 7) is 9.72. The summed E-state index contributed by atoms with van der Waals surface area (Å²) < 4.78 is 0. The average Bonchev–Trinajstić information content (AvgIpc) is 3.78. The normalized spacial score (nSPS) is 20.0.